The Bertz CT molecular complexity index is 1230. The number of para-hydroxylation sites is 1. The molecule has 4 rings (SSSR count). The molecule has 7 heteroatoms. The Morgan fingerprint density at radius 1 is 1.00 bits per heavy atom. The highest BCUT2D eigenvalue weighted by molar-refractivity contribution is 5.89. The first kappa shape index (κ1) is 23.1. The lowest BCUT2D eigenvalue weighted by Crippen LogP contribution is -2.33. The van der Waals surface area contributed by atoms with Gasteiger partial charge in [-0.25, -0.2) is 9.78 Å². The Hall–Kier alpha value is -4.10. The van der Waals surface area contributed by atoms with E-state index in [9.17, 15) is 4.79 Å². The van der Waals surface area contributed by atoms with E-state index >= 15 is 0 Å². The molecule has 3 N–H and O–H groups in total. The summed E-state index contributed by atoms with van der Waals surface area (Å²) in [4.78, 5) is 17.0. The van der Waals surface area contributed by atoms with Crippen molar-refractivity contribution in [3.8, 4) is 11.5 Å². The summed E-state index contributed by atoms with van der Waals surface area (Å²) in [6.07, 6.45) is -0.510. The largest absolute Gasteiger partial charge is 0.497 e. The smallest absolute Gasteiger partial charge is 0.338 e. The standard InChI is InChI=1S/C27H27N3O4/c1-32-21-13-11-19(12-14-21)18-33-25-15-26(30-24-10-6-5-9-23(24)25)29-17-22(16-28)34-27(31)20-7-3-2-4-8-20/h2-15,22H,16-18,28H2,1H3,(H,29,30). The molecule has 4 aromatic rings. The van der Waals surface area contributed by atoms with Gasteiger partial charge < -0.3 is 25.3 Å². The number of nitrogens with two attached hydrogens (primary N) is 1. The molecule has 7 nitrogen and oxygen atoms in total. The second-order valence-corrected chi connectivity index (χ2v) is 7.67. The molecule has 34 heavy (non-hydrogen) atoms. The Balaban J connectivity index is 1.45. The van der Waals surface area contributed by atoms with Gasteiger partial charge in [-0.1, -0.05) is 42.5 Å². The zero-order valence-electron chi connectivity index (χ0n) is 18.9. The van der Waals surface area contributed by atoms with E-state index in [0.29, 0.717) is 30.3 Å². The lowest BCUT2D eigenvalue weighted by molar-refractivity contribution is 0.0346. The van der Waals surface area contributed by atoms with Gasteiger partial charge in [-0.2, -0.15) is 0 Å². The van der Waals surface area contributed by atoms with Gasteiger partial charge in [0.15, 0.2) is 0 Å². The molecule has 0 radical (unpaired) electrons. The minimum Gasteiger partial charge on any atom is -0.497 e. The zero-order valence-corrected chi connectivity index (χ0v) is 18.9. The normalized spacial score (nSPS) is 11.6. The van der Waals surface area contributed by atoms with Gasteiger partial charge in [0.25, 0.3) is 0 Å². The van der Waals surface area contributed by atoms with Crippen LogP contribution in [0.5, 0.6) is 11.5 Å². The molecule has 1 unspecified atom stereocenters. The van der Waals surface area contributed by atoms with Crippen molar-refractivity contribution in [3.05, 3.63) is 96.1 Å². The number of pyridine rings is 1. The van der Waals surface area contributed by atoms with Crippen LogP contribution in [-0.2, 0) is 11.3 Å². The van der Waals surface area contributed by atoms with Gasteiger partial charge in [0.2, 0.25) is 0 Å². The third-order valence-electron chi connectivity index (χ3n) is 5.29. The summed E-state index contributed by atoms with van der Waals surface area (Å²) in [5, 5.41) is 4.14. The first-order valence-electron chi connectivity index (χ1n) is 11.0. The lowest BCUT2D eigenvalue weighted by Gasteiger charge is -2.18. The van der Waals surface area contributed by atoms with Crippen molar-refractivity contribution in [2.75, 3.05) is 25.5 Å². The fraction of sp³-hybridized carbons (Fsp3) is 0.185. The average molecular weight is 458 g/mol. The number of ether oxygens (including phenoxy) is 3. The van der Waals surface area contributed by atoms with Crippen LogP contribution >= 0.6 is 0 Å². The van der Waals surface area contributed by atoms with Gasteiger partial charge in [-0.05, 0) is 42.0 Å². The maximum absolute atomic E-state index is 12.4. The Labute approximate surface area is 198 Å². The number of esters is 1. The first-order chi connectivity index (χ1) is 16.7. The van der Waals surface area contributed by atoms with Crippen LogP contribution in [0.3, 0.4) is 0 Å². The molecule has 0 amide bonds. The summed E-state index contributed by atoms with van der Waals surface area (Å²) in [5.74, 6) is 1.70. The number of carbonyl (C=O) groups is 1. The lowest BCUT2D eigenvalue weighted by atomic mass is 10.2. The van der Waals surface area contributed by atoms with Crippen LogP contribution in [0.25, 0.3) is 10.9 Å². The van der Waals surface area contributed by atoms with Crippen molar-refractivity contribution < 1.29 is 19.0 Å². The second kappa shape index (κ2) is 11.2. The molecule has 0 saturated heterocycles. The molecule has 0 saturated carbocycles. The first-order valence-corrected chi connectivity index (χ1v) is 11.0. The minimum absolute atomic E-state index is 0.181. The molecule has 1 heterocycles. The van der Waals surface area contributed by atoms with Gasteiger partial charge in [0, 0.05) is 18.0 Å². The van der Waals surface area contributed by atoms with Gasteiger partial charge >= 0.3 is 5.97 Å². The molecule has 0 spiro atoms. The molecule has 1 atom stereocenters. The number of hydrogen-bond acceptors (Lipinski definition) is 7. The van der Waals surface area contributed by atoms with Crippen molar-refractivity contribution in [3.63, 3.8) is 0 Å². The number of hydrogen-bond donors (Lipinski definition) is 2. The fourth-order valence-electron chi connectivity index (χ4n) is 3.42. The predicted octanol–water partition coefficient (Wildman–Crippen LogP) is 4.42. The van der Waals surface area contributed by atoms with Crippen LogP contribution in [0, 0.1) is 0 Å². The maximum atomic E-state index is 12.4. The van der Waals surface area contributed by atoms with Crippen molar-refractivity contribution in [1.82, 2.24) is 4.98 Å². The summed E-state index contributed by atoms with van der Waals surface area (Å²) in [6.45, 7) is 0.899. The molecule has 0 aliphatic heterocycles. The van der Waals surface area contributed by atoms with Crippen molar-refractivity contribution in [2.45, 2.75) is 12.7 Å². The molecule has 0 aliphatic rings. The third kappa shape index (κ3) is 5.82. The van der Waals surface area contributed by atoms with Crippen LogP contribution in [-0.4, -0.2) is 37.3 Å². The van der Waals surface area contributed by atoms with E-state index in [2.05, 4.69) is 10.3 Å². The summed E-state index contributed by atoms with van der Waals surface area (Å²) in [6, 6.07) is 26.2. The number of rotatable bonds is 10. The third-order valence-corrected chi connectivity index (χ3v) is 5.29. The monoisotopic (exact) mass is 457 g/mol. The number of carbonyl (C=O) groups excluding carboxylic acids is 1. The summed E-state index contributed by atoms with van der Waals surface area (Å²) in [5.41, 5.74) is 8.15. The number of aromatic nitrogens is 1. The van der Waals surface area contributed by atoms with Crippen LogP contribution in [0.2, 0.25) is 0 Å². The number of fused-ring (bicyclic) bond motifs is 1. The summed E-state index contributed by atoms with van der Waals surface area (Å²) < 4.78 is 16.9. The minimum atomic E-state index is -0.510. The topological polar surface area (TPSA) is 95.7 Å². The molecule has 0 bridgehead atoms. The van der Waals surface area contributed by atoms with E-state index < -0.39 is 12.1 Å². The fourth-order valence-corrected chi connectivity index (χ4v) is 3.42. The van der Waals surface area contributed by atoms with E-state index in [1.165, 1.54) is 0 Å². The summed E-state index contributed by atoms with van der Waals surface area (Å²) >= 11 is 0. The quantitative estimate of drug-likeness (QED) is 0.340. The van der Waals surface area contributed by atoms with E-state index in [1.807, 2.05) is 60.7 Å². The highest BCUT2D eigenvalue weighted by atomic mass is 16.5. The second-order valence-electron chi connectivity index (χ2n) is 7.67. The number of nitrogens with one attached hydrogen (secondary N) is 1. The number of benzene rings is 3. The molecular formula is C27H27N3O4. The molecular weight excluding hydrogens is 430 g/mol. The van der Waals surface area contributed by atoms with Gasteiger partial charge in [0.1, 0.15) is 30.0 Å². The summed E-state index contributed by atoms with van der Waals surface area (Å²) in [7, 11) is 1.64. The van der Waals surface area contributed by atoms with Crippen LogP contribution < -0.4 is 20.5 Å². The molecule has 1 aromatic heterocycles. The van der Waals surface area contributed by atoms with Gasteiger partial charge in [-0.3, -0.25) is 0 Å². The molecule has 174 valence electrons. The maximum Gasteiger partial charge on any atom is 0.338 e. The van der Waals surface area contributed by atoms with Crippen LogP contribution in [0.15, 0.2) is 84.9 Å². The van der Waals surface area contributed by atoms with E-state index in [1.54, 1.807) is 31.4 Å². The highest BCUT2D eigenvalue weighted by Gasteiger charge is 2.15. The molecule has 3 aromatic carbocycles. The van der Waals surface area contributed by atoms with E-state index in [0.717, 1.165) is 22.2 Å². The number of anilines is 1. The van der Waals surface area contributed by atoms with E-state index in [-0.39, 0.29) is 6.54 Å². The number of methoxy groups -OCH3 is 1. The Morgan fingerprint density at radius 2 is 1.74 bits per heavy atom. The van der Waals surface area contributed by atoms with Crippen molar-refractivity contribution in [1.29, 1.82) is 0 Å². The van der Waals surface area contributed by atoms with Crippen LogP contribution in [0.4, 0.5) is 5.82 Å². The number of nitrogens with zero attached hydrogens (tertiary/aromatic N) is 1. The van der Waals surface area contributed by atoms with Gasteiger partial charge in [-0.15, -0.1) is 0 Å². The van der Waals surface area contributed by atoms with Crippen molar-refractivity contribution >= 4 is 22.7 Å². The van der Waals surface area contributed by atoms with Crippen LogP contribution in [0.1, 0.15) is 15.9 Å². The van der Waals surface area contributed by atoms with Crippen molar-refractivity contribution in [2.24, 2.45) is 5.73 Å². The van der Waals surface area contributed by atoms with Gasteiger partial charge in [0.05, 0.1) is 24.7 Å². The Kier molecular flexibility index (Phi) is 7.57. The highest BCUT2D eigenvalue weighted by Crippen LogP contribution is 2.28. The molecule has 0 fully saturated rings. The Morgan fingerprint density at radius 3 is 2.47 bits per heavy atom. The SMILES string of the molecule is COc1ccc(COc2cc(NCC(CN)OC(=O)c3ccccc3)nc3ccccc23)cc1. The van der Waals surface area contributed by atoms with E-state index in [4.69, 9.17) is 19.9 Å². The average Bonchev–Trinajstić information content (AvgIpc) is 2.90. The predicted molar refractivity (Wildman–Crippen MR) is 132 cm³/mol. The molecule has 0 aliphatic carbocycles. The zero-order chi connectivity index (χ0) is 23.8.